The third-order valence-corrected chi connectivity index (χ3v) is 5.57. The van der Waals surface area contributed by atoms with Crippen LogP contribution in [0, 0.1) is 0 Å². The fraction of sp³-hybridized carbons (Fsp3) is 0.120. The Labute approximate surface area is 190 Å². The topological polar surface area (TPSA) is 76.1 Å². The number of Topliss-reactive ketones (excluding diaryl/α,β-unsaturated/α-hetero) is 1. The second-order valence-electron chi connectivity index (χ2n) is 7.13. The van der Waals surface area contributed by atoms with Gasteiger partial charge in [-0.1, -0.05) is 48.0 Å². The highest BCUT2D eigenvalue weighted by atomic mass is 35.5. The third-order valence-electron chi connectivity index (χ3n) is 5.32. The molecule has 1 N–H and O–H groups in total. The van der Waals surface area contributed by atoms with E-state index >= 15 is 0 Å². The van der Waals surface area contributed by atoms with Gasteiger partial charge in [-0.2, -0.15) is 0 Å². The van der Waals surface area contributed by atoms with E-state index in [9.17, 15) is 14.7 Å². The Hall–Kier alpha value is -3.77. The molecule has 1 atom stereocenters. The van der Waals surface area contributed by atoms with Gasteiger partial charge in [0.2, 0.25) is 0 Å². The summed E-state index contributed by atoms with van der Waals surface area (Å²) in [6.45, 7) is 0. The highest BCUT2D eigenvalue weighted by molar-refractivity contribution is 6.51. The number of rotatable bonds is 5. The van der Waals surface area contributed by atoms with E-state index in [2.05, 4.69) is 0 Å². The van der Waals surface area contributed by atoms with Crippen molar-refractivity contribution < 1.29 is 24.2 Å². The minimum absolute atomic E-state index is 0.0108. The van der Waals surface area contributed by atoms with Gasteiger partial charge >= 0.3 is 0 Å². The van der Waals surface area contributed by atoms with Gasteiger partial charge in [0.15, 0.2) is 11.5 Å². The van der Waals surface area contributed by atoms with Crippen molar-refractivity contribution in [2.24, 2.45) is 0 Å². The number of hydrogen-bond acceptors (Lipinski definition) is 5. The molecule has 3 aromatic rings. The Bertz CT molecular complexity index is 1200. The largest absolute Gasteiger partial charge is 0.507 e. The molecule has 1 heterocycles. The van der Waals surface area contributed by atoms with Gasteiger partial charge in [0.05, 0.1) is 25.8 Å². The molecule has 1 amide bonds. The van der Waals surface area contributed by atoms with Crippen molar-refractivity contribution in [1.82, 2.24) is 0 Å². The molecular formula is C25H20ClNO5. The minimum Gasteiger partial charge on any atom is -0.507 e. The summed E-state index contributed by atoms with van der Waals surface area (Å²) >= 11 is 6.02. The summed E-state index contributed by atoms with van der Waals surface area (Å²) in [6, 6.07) is 19.5. The maximum Gasteiger partial charge on any atom is 0.300 e. The van der Waals surface area contributed by atoms with Crippen molar-refractivity contribution in [3.05, 3.63) is 94.5 Å². The summed E-state index contributed by atoms with van der Waals surface area (Å²) < 4.78 is 10.7. The van der Waals surface area contributed by atoms with Crippen LogP contribution in [0.15, 0.2) is 78.4 Å². The Morgan fingerprint density at radius 2 is 1.56 bits per heavy atom. The van der Waals surface area contributed by atoms with E-state index in [1.807, 2.05) is 0 Å². The van der Waals surface area contributed by atoms with Gasteiger partial charge in [0.25, 0.3) is 11.7 Å². The van der Waals surface area contributed by atoms with Gasteiger partial charge in [-0.15, -0.1) is 0 Å². The lowest BCUT2D eigenvalue weighted by molar-refractivity contribution is -0.132. The van der Waals surface area contributed by atoms with E-state index in [1.54, 1.807) is 72.8 Å². The van der Waals surface area contributed by atoms with E-state index in [1.165, 1.54) is 19.1 Å². The van der Waals surface area contributed by atoms with E-state index in [-0.39, 0.29) is 11.3 Å². The first-order valence-electron chi connectivity index (χ1n) is 9.80. The fourth-order valence-corrected chi connectivity index (χ4v) is 3.92. The van der Waals surface area contributed by atoms with Crippen LogP contribution in [0.1, 0.15) is 17.2 Å². The molecule has 4 rings (SSSR count). The van der Waals surface area contributed by atoms with Crippen LogP contribution in [-0.4, -0.2) is 31.0 Å². The Kier molecular flexibility index (Phi) is 5.88. The normalized spacial score (nSPS) is 17.5. The number of hydrogen-bond donors (Lipinski definition) is 1. The van der Waals surface area contributed by atoms with E-state index < -0.39 is 17.7 Å². The first-order chi connectivity index (χ1) is 15.5. The predicted octanol–water partition coefficient (Wildman–Crippen LogP) is 4.98. The molecule has 32 heavy (non-hydrogen) atoms. The van der Waals surface area contributed by atoms with E-state index in [0.29, 0.717) is 33.3 Å². The van der Waals surface area contributed by atoms with Crippen molar-refractivity contribution in [2.45, 2.75) is 6.04 Å². The monoisotopic (exact) mass is 449 g/mol. The molecule has 1 saturated heterocycles. The van der Waals surface area contributed by atoms with Crippen LogP contribution < -0.4 is 14.4 Å². The molecule has 162 valence electrons. The van der Waals surface area contributed by atoms with Crippen molar-refractivity contribution in [3.63, 3.8) is 0 Å². The molecule has 1 aliphatic rings. The second kappa shape index (κ2) is 8.77. The van der Waals surface area contributed by atoms with Crippen molar-refractivity contribution >= 4 is 34.7 Å². The number of ether oxygens (including phenoxy) is 2. The molecule has 0 radical (unpaired) electrons. The molecule has 0 aliphatic carbocycles. The Morgan fingerprint density at radius 3 is 2.19 bits per heavy atom. The summed E-state index contributed by atoms with van der Waals surface area (Å²) in [5, 5.41) is 11.6. The zero-order valence-electron chi connectivity index (χ0n) is 17.4. The number of nitrogens with zero attached hydrogens (tertiary/aromatic N) is 1. The van der Waals surface area contributed by atoms with Gasteiger partial charge in [-0.05, 0) is 42.0 Å². The Balaban J connectivity index is 1.96. The standard InChI is InChI=1S/C25H20ClNO5/c1-31-19-13-8-16(14-20(19)32-2)22-21(23(28)15-6-4-3-5-7-15)24(29)25(30)27(22)18-11-9-17(26)10-12-18/h3-14,22,28H,1-2H3/t22-/m0/s1. The summed E-state index contributed by atoms with van der Waals surface area (Å²) in [6.07, 6.45) is 0. The number of benzene rings is 3. The number of amides is 1. The molecule has 0 spiro atoms. The van der Waals surface area contributed by atoms with E-state index in [0.717, 1.165) is 0 Å². The molecule has 0 bridgehead atoms. The number of aliphatic hydroxyl groups excluding tert-OH is 1. The number of anilines is 1. The van der Waals surface area contributed by atoms with E-state index in [4.69, 9.17) is 21.1 Å². The molecular weight excluding hydrogens is 430 g/mol. The summed E-state index contributed by atoms with van der Waals surface area (Å²) in [7, 11) is 3.02. The number of ketones is 1. The number of carbonyl (C=O) groups excluding carboxylic acids is 2. The number of methoxy groups -OCH3 is 2. The van der Waals surface area contributed by atoms with Gasteiger partial charge in [-0.25, -0.2) is 0 Å². The minimum atomic E-state index is -0.879. The van der Waals surface area contributed by atoms with Crippen LogP contribution in [0.3, 0.4) is 0 Å². The van der Waals surface area contributed by atoms with Crippen LogP contribution in [0.25, 0.3) is 5.76 Å². The van der Waals surface area contributed by atoms with Gasteiger partial charge in [-0.3, -0.25) is 14.5 Å². The second-order valence-corrected chi connectivity index (χ2v) is 7.56. The maximum atomic E-state index is 13.1. The lowest BCUT2D eigenvalue weighted by Crippen LogP contribution is -2.29. The van der Waals surface area contributed by atoms with Gasteiger partial charge < -0.3 is 14.6 Å². The van der Waals surface area contributed by atoms with Crippen molar-refractivity contribution in [3.8, 4) is 11.5 Å². The van der Waals surface area contributed by atoms with Crippen molar-refractivity contribution in [2.75, 3.05) is 19.1 Å². The number of carbonyl (C=O) groups is 2. The average Bonchev–Trinajstić information content (AvgIpc) is 3.09. The molecule has 1 fully saturated rings. The zero-order chi connectivity index (χ0) is 22.8. The lowest BCUT2D eigenvalue weighted by Gasteiger charge is -2.26. The van der Waals surface area contributed by atoms with Gasteiger partial charge in [0.1, 0.15) is 5.76 Å². The van der Waals surface area contributed by atoms with Crippen LogP contribution in [0.4, 0.5) is 5.69 Å². The highest BCUT2D eigenvalue weighted by Gasteiger charge is 2.47. The predicted molar refractivity (Wildman–Crippen MR) is 122 cm³/mol. The molecule has 6 nitrogen and oxygen atoms in total. The van der Waals surface area contributed by atoms with Crippen LogP contribution in [0.5, 0.6) is 11.5 Å². The fourth-order valence-electron chi connectivity index (χ4n) is 3.79. The first kappa shape index (κ1) is 21.5. The molecule has 1 aliphatic heterocycles. The highest BCUT2D eigenvalue weighted by Crippen LogP contribution is 2.44. The van der Waals surface area contributed by atoms with Crippen molar-refractivity contribution in [1.29, 1.82) is 0 Å². The number of aliphatic hydroxyl groups is 1. The molecule has 3 aromatic carbocycles. The van der Waals surface area contributed by atoms with Crippen LogP contribution in [-0.2, 0) is 9.59 Å². The summed E-state index contributed by atoms with van der Waals surface area (Å²) in [5.41, 5.74) is 1.48. The van der Waals surface area contributed by atoms with Crippen LogP contribution in [0.2, 0.25) is 5.02 Å². The average molecular weight is 450 g/mol. The smallest absolute Gasteiger partial charge is 0.300 e. The Morgan fingerprint density at radius 1 is 0.906 bits per heavy atom. The molecule has 0 saturated carbocycles. The SMILES string of the molecule is COc1ccc([C@H]2C(=C(O)c3ccccc3)C(=O)C(=O)N2c2ccc(Cl)cc2)cc1OC. The van der Waals surface area contributed by atoms with Crippen LogP contribution >= 0.6 is 11.6 Å². The zero-order valence-corrected chi connectivity index (χ0v) is 18.2. The lowest BCUT2D eigenvalue weighted by atomic mass is 9.94. The molecule has 0 unspecified atom stereocenters. The van der Waals surface area contributed by atoms with Gasteiger partial charge in [0, 0.05) is 16.3 Å². The maximum absolute atomic E-state index is 13.1. The molecule has 7 heteroatoms. The summed E-state index contributed by atoms with van der Waals surface area (Å²) in [5.74, 6) is -0.833. The first-order valence-corrected chi connectivity index (χ1v) is 10.2. The number of halogens is 1. The molecule has 0 aromatic heterocycles. The quantitative estimate of drug-likeness (QED) is 0.337. The third kappa shape index (κ3) is 3.69. The summed E-state index contributed by atoms with van der Waals surface area (Å²) in [4.78, 5) is 27.6.